The maximum Gasteiger partial charge on any atom is 0.195 e. The molecular weight excluding hydrogens is 307 g/mol. The smallest absolute Gasteiger partial charge is 0.195 e. The maximum atomic E-state index is 12.9. The second-order valence-electron chi connectivity index (χ2n) is 4.80. The second-order valence-corrected chi connectivity index (χ2v) is 6.92. The van der Waals surface area contributed by atoms with Gasteiger partial charge >= 0.3 is 0 Å². The molecule has 1 nitrogen and oxygen atoms in total. The molecule has 20 heavy (non-hydrogen) atoms. The molecule has 1 aromatic heterocycles. The summed E-state index contributed by atoms with van der Waals surface area (Å²) in [6.07, 6.45) is 0. The van der Waals surface area contributed by atoms with E-state index in [-0.39, 0.29) is 5.78 Å². The maximum absolute atomic E-state index is 12.9. The fourth-order valence-electron chi connectivity index (χ4n) is 2.12. The van der Waals surface area contributed by atoms with Crippen molar-refractivity contribution in [1.82, 2.24) is 0 Å². The lowest BCUT2D eigenvalue weighted by Crippen LogP contribution is -2.08. The number of Topliss-reactive ketones (excluding diaryl/α,β-unsaturated/α-hetero) is 1. The van der Waals surface area contributed by atoms with Crippen LogP contribution in [0.5, 0.6) is 0 Å². The standard InChI is InChI=1S/C16H16ClOPS/c1-9(2)14(11-7-8-20-10(11)3)16(18)12-5-4-6-13(19)15(12)17/h4-8H,19H2,1-3H3. The van der Waals surface area contributed by atoms with Crippen LogP contribution in [0.15, 0.2) is 35.2 Å². The molecule has 0 amide bonds. The molecule has 2 aromatic rings. The molecule has 0 saturated heterocycles. The van der Waals surface area contributed by atoms with Crippen molar-refractivity contribution in [3.8, 4) is 0 Å². The highest BCUT2D eigenvalue weighted by molar-refractivity contribution is 7.28. The summed E-state index contributed by atoms with van der Waals surface area (Å²) in [6.45, 7) is 5.95. The average Bonchev–Trinajstić information content (AvgIpc) is 2.79. The van der Waals surface area contributed by atoms with Gasteiger partial charge in [0.15, 0.2) is 5.78 Å². The Morgan fingerprint density at radius 2 is 1.90 bits per heavy atom. The number of carbonyl (C=O) groups is 1. The number of hydrogen-bond donors (Lipinski definition) is 0. The fraction of sp³-hybridized carbons (Fsp3) is 0.188. The van der Waals surface area contributed by atoms with Gasteiger partial charge in [-0.3, -0.25) is 4.79 Å². The Morgan fingerprint density at radius 3 is 2.45 bits per heavy atom. The third-order valence-corrected chi connectivity index (χ3v) is 5.06. The predicted molar refractivity (Wildman–Crippen MR) is 92.5 cm³/mol. The van der Waals surface area contributed by atoms with Crippen molar-refractivity contribution >= 4 is 48.8 Å². The van der Waals surface area contributed by atoms with Crippen LogP contribution in [0.25, 0.3) is 5.57 Å². The molecule has 1 heterocycles. The van der Waals surface area contributed by atoms with E-state index >= 15 is 0 Å². The lowest BCUT2D eigenvalue weighted by Gasteiger charge is -2.11. The van der Waals surface area contributed by atoms with Gasteiger partial charge in [-0.15, -0.1) is 20.6 Å². The van der Waals surface area contributed by atoms with Crippen molar-refractivity contribution in [3.63, 3.8) is 0 Å². The number of allylic oxidation sites excluding steroid dienone is 2. The normalized spacial score (nSPS) is 10.4. The number of benzene rings is 1. The van der Waals surface area contributed by atoms with Crippen LogP contribution >= 0.6 is 32.2 Å². The molecule has 104 valence electrons. The summed E-state index contributed by atoms with van der Waals surface area (Å²) in [5, 5.41) is 3.36. The van der Waals surface area contributed by atoms with Crippen molar-refractivity contribution < 1.29 is 4.79 Å². The van der Waals surface area contributed by atoms with Crippen molar-refractivity contribution in [2.75, 3.05) is 0 Å². The number of aryl methyl sites for hydroxylation is 1. The van der Waals surface area contributed by atoms with Gasteiger partial charge in [-0.25, -0.2) is 0 Å². The second kappa shape index (κ2) is 6.22. The van der Waals surface area contributed by atoms with E-state index in [4.69, 9.17) is 11.6 Å². The molecule has 0 radical (unpaired) electrons. The quantitative estimate of drug-likeness (QED) is 0.447. The van der Waals surface area contributed by atoms with Crippen LogP contribution in [0.2, 0.25) is 5.02 Å². The summed E-state index contributed by atoms with van der Waals surface area (Å²) in [5.74, 6) is -0.0131. The average molecular weight is 323 g/mol. The molecule has 0 N–H and O–H groups in total. The first kappa shape index (κ1) is 15.4. The van der Waals surface area contributed by atoms with Gasteiger partial charge in [-0.1, -0.05) is 29.3 Å². The zero-order chi connectivity index (χ0) is 14.9. The molecule has 0 saturated carbocycles. The summed E-state index contributed by atoms with van der Waals surface area (Å²) in [7, 11) is 2.56. The number of halogens is 1. The minimum Gasteiger partial charge on any atom is -0.289 e. The molecule has 1 aromatic carbocycles. The van der Waals surface area contributed by atoms with E-state index in [1.54, 1.807) is 17.4 Å². The highest BCUT2D eigenvalue weighted by Gasteiger charge is 2.20. The minimum absolute atomic E-state index is 0.0131. The molecule has 0 aliphatic rings. The summed E-state index contributed by atoms with van der Waals surface area (Å²) < 4.78 is 0. The Morgan fingerprint density at radius 1 is 1.20 bits per heavy atom. The van der Waals surface area contributed by atoms with Crippen LogP contribution in [0.3, 0.4) is 0 Å². The number of carbonyl (C=O) groups excluding carboxylic acids is 1. The van der Waals surface area contributed by atoms with E-state index in [1.165, 1.54) is 0 Å². The van der Waals surface area contributed by atoms with E-state index in [9.17, 15) is 4.79 Å². The van der Waals surface area contributed by atoms with Gasteiger partial charge in [0.25, 0.3) is 0 Å². The first-order valence-corrected chi connectivity index (χ1v) is 8.07. The van der Waals surface area contributed by atoms with Crippen molar-refractivity contribution in [1.29, 1.82) is 0 Å². The van der Waals surface area contributed by atoms with Crippen LogP contribution < -0.4 is 5.30 Å². The third-order valence-electron chi connectivity index (χ3n) is 3.13. The predicted octanol–water partition coefficient (Wildman–Crippen LogP) is 4.89. The van der Waals surface area contributed by atoms with E-state index in [2.05, 4.69) is 9.24 Å². The lowest BCUT2D eigenvalue weighted by atomic mass is 9.94. The van der Waals surface area contributed by atoms with Gasteiger partial charge in [0, 0.05) is 16.0 Å². The van der Waals surface area contributed by atoms with Gasteiger partial charge in [0.2, 0.25) is 0 Å². The molecule has 4 heteroatoms. The number of thiophene rings is 1. The number of ketones is 1. The summed E-state index contributed by atoms with van der Waals surface area (Å²) in [4.78, 5) is 14.0. The zero-order valence-corrected chi connectivity index (χ0v) is 14.4. The molecule has 1 atom stereocenters. The van der Waals surface area contributed by atoms with E-state index in [0.717, 1.165) is 26.9 Å². The Hall–Kier alpha value is -0.950. The molecular formula is C16H16ClOPS. The van der Waals surface area contributed by atoms with Gasteiger partial charge in [-0.2, -0.15) is 0 Å². The molecule has 1 unspecified atom stereocenters. The van der Waals surface area contributed by atoms with Crippen LogP contribution in [-0.4, -0.2) is 5.78 Å². The summed E-state index contributed by atoms with van der Waals surface area (Å²) >= 11 is 7.92. The first-order valence-electron chi connectivity index (χ1n) is 6.24. The van der Waals surface area contributed by atoms with E-state index in [0.29, 0.717) is 10.6 Å². The van der Waals surface area contributed by atoms with Crippen LogP contribution in [0.4, 0.5) is 0 Å². The highest BCUT2D eigenvalue weighted by atomic mass is 35.5. The highest BCUT2D eigenvalue weighted by Crippen LogP contribution is 2.31. The van der Waals surface area contributed by atoms with Crippen LogP contribution in [0.1, 0.15) is 34.6 Å². The third kappa shape index (κ3) is 2.88. The molecule has 0 spiro atoms. The Labute approximate surface area is 130 Å². The Bertz CT molecular complexity index is 696. The topological polar surface area (TPSA) is 17.1 Å². The van der Waals surface area contributed by atoms with Crippen LogP contribution in [0, 0.1) is 6.92 Å². The molecule has 0 aliphatic carbocycles. The zero-order valence-electron chi connectivity index (χ0n) is 11.7. The molecule has 0 bridgehead atoms. The Balaban J connectivity index is 2.58. The lowest BCUT2D eigenvalue weighted by molar-refractivity contribution is 0.105. The summed E-state index contributed by atoms with van der Waals surface area (Å²) in [5.41, 5.74) is 3.31. The van der Waals surface area contributed by atoms with Gasteiger partial charge in [0.05, 0.1) is 5.02 Å². The van der Waals surface area contributed by atoms with E-state index < -0.39 is 0 Å². The van der Waals surface area contributed by atoms with Gasteiger partial charge in [-0.05, 0) is 49.2 Å². The largest absolute Gasteiger partial charge is 0.289 e. The molecule has 2 rings (SSSR count). The molecule has 0 aliphatic heterocycles. The number of hydrogen-bond acceptors (Lipinski definition) is 2. The van der Waals surface area contributed by atoms with Crippen molar-refractivity contribution in [2.45, 2.75) is 20.8 Å². The van der Waals surface area contributed by atoms with Gasteiger partial charge in [0.1, 0.15) is 0 Å². The van der Waals surface area contributed by atoms with Crippen molar-refractivity contribution in [2.24, 2.45) is 0 Å². The first-order chi connectivity index (χ1) is 9.43. The minimum atomic E-state index is -0.0131. The van der Waals surface area contributed by atoms with E-state index in [1.807, 2.05) is 44.4 Å². The molecule has 0 fully saturated rings. The van der Waals surface area contributed by atoms with Crippen LogP contribution in [-0.2, 0) is 0 Å². The fourth-order valence-corrected chi connectivity index (χ4v) is 3.31. The summed E-state index contributed by atoms with van der Waals surface area (Å²) in [6, 6.07) is 7.51. The Kier molecular flexibility index (Phi) is 4.80. The monoisotopic (exact) mass is 322 g/mol. The SMILES string of the molecule is CC(C)=C(C(=O)c1cccc(P)c1Cl)c1ccsc1C. The van der Waals surface area contributed by atoms with Crippen molar-refractivity contribution in [3.05, 3.63) is 56.2 Å². The number of rotatable bonds is 3. The van der Waals surface area contributed by atoms with Gasteiger partial charge < -0.3 is 0 Å².